The number of nitrogens with two attached hydrogens (primary N) is 1. The standard InChI is InChI=1S/C29H35N3O4/c1-35-19-8-7-16-29(34,25-13-5-6-14-26(25)36-24-11-3-2-4-12-24)23-10-9-18-32(21-23)28(33)22-15-17-31-27(30)20-22/h2-6,11-15,17,20,23,34H,7-10,16,18-19,21H2,1H3,(H2,30,31)/t23-,29+/m1/s1. The second-order valence-corrected chi connectivity index (χ2v) is 9.35. The molecule has 1 amide bonds. The number of hydrogen-bond donors (Lipinski definition) is 2. The maximum atomic E-state index is 13.3. The van der Waals surface area contributed by atoms with Crippen molar-refractivity contribution >= 4 is 11.7 Å². The number of ether oxygens (including phenoxy) is 2. The van der Waals surface area contributed by atoms with Gasteiger partial charge in [0.25, 0.3) is 5.91 Å². The molecule has 1 aromatic heterocycles. The molecular formula is C29H35N3O4. The summed E-state index contributed by atoms with van der Waals surface area (Å²) in [5.41, 5.74) is 5.90. The number of carbonyl (C=O) groups excluding carboxylic acids is 1. The summed E-state index contributed by atoms with van der Waals surface area (Å²) in [4.78, 5) is 19.1. The van der Waals surface area contributed by atoms with Gasteiger partial charge in [0, 0.05) is 50.0 Å². The van der Waals surface area contributed by atoms with Crippen LogP contribution in [0.5, 0.6) is 11.5 Å². The summed E-state index contributed by atoms with van der Waals surface area (Å²) >= 11 is 0. The highest BCUT2D eigenvalue weighted by Gasteiger charge is 2.43. The molecule has 0 aliphatic carbocycles. The number of anilines is 1. The summed E-state index contributed by atoms with van der Waals surface area (Å²) in [5, 5.41) is 12.4. The first kappa shape index (κ1) is 25.7. The monoisotopic (exact) mass is 489 g/mol. The first-order valence-electron chi connectivity index (χ1n) is 12.6. The van der Waals surface area contributed by atoms with Crippen LogP contribution in [-0.4, -0.2) is 47.7 Å². The highest BCUT2D eigenvalue weighted by Crippen LogP contribution is 2.44. The van der Waals surface area contributed by atoms with E-state index >= 15 is 0 Å². The number of amides is 1. The number of nitrogens with zero attached hydrogens (tertiary/aromatic N) is 2. The van der Waals surface area contributed by atoms with Gasteiger partial charge in [-0.1, -0.05) is 36.4 Å². The molecule has 0 radical (unpaired) electrons. The van der Waals surface area contributed by atoms with Gasteiger partial charge in [-0.2, -0.15) is 0 Å². The third-order valence-electron chi connectivity index (χ3n) is 6.89. The molecule has 2 aromatic carbocycles. The van der Waals surface area contributed by atoms with Crippen molar-refractivity contribution in [2.75, 3.05) is 32.5 Å². The van der Waals surface area contributed by atoms with Crippen molar-refractivity contribution in [3.63, 3.8) is 0 Å². The van der Waals surface area contributed by atoms with Crippen LogP contribution < -0.4 is 10.5 Å². The van der Waals surface area contributed by atoms with Crippen molar-refractivity contribution in [1.82, 2.24) is 9.88 Å². The van der Waals surface area contributed by atoms with Crippen molar-refractivity contribution in [3.8, 4) is 11.5 Å². The highest BCUT2D eigenvalue weighted by molar-refractivity contribution is 5.94. The Hall–Kier alpha value is -3.42. The lowest BCUT2D eigenvalue weighted by molar-refractivity contribution is -0.0589. The molecule has 36 heavy (non-hydrogen) atoms. The van der Waals surface area contributed by atoms with E-state index in [4.69, 9.17) is 15.2 Å². The van der Waals surface area contributed by atoms with Gasteiger partial charge < -0.3 is 25.2 Å². The fourth-order valence-electron chi connectivity index (χ4n) is 5.04. The second-order valence-electron chi connectivity index (χ2n) is 9.35. The summed E-state index contributed by atoms with van der Waals surface area (Å²) in [6.07, 6.45) is 5.33. The first-order valence-corrected chi connectivity index (χ1v) is 12.6. The predicted molar refractivity (Wildman–Crippen MR) is 140 cm³/mol. The Labute approximate surface area is 212 Å². The molecule has 4 rings (SSSR count). The van der Waals surface area contributed by atoms with Gasteiger partial charge >= 0.3 is 0 Å². The number of aliphatic hydroxyl groups is 1. The van der Waals surface area contributed by atoms with Gasteiger partial charge in [0.2, 0.25) is 0 Å². The van der Waals surface area contributed by atoms with Crippen LogP contribution in [0.15, 0.2) is 72.9 Å². The molecule has 1 aliphatic heterocycles. The van der Waals surface area contributed by atoms with Crippen LogP contribution in [0.3, 0.4) is 0 Å². The average molecular weight is 490 g/mol. The van der Waals surface area contributed by atoms with Crippen molar-refractivity contribution in [2.45, 2.75) is 37.7 Å². The number of nitrogen functional groups attached to an aromatic ring is 1. The number of unbranched alkanes of at least 4 members (excludes halogenated alkanes) is 1. The maximum Gasteiger partial charge on any atom is 0.254 e. The molecule has 0 saturated carbocycles. The van der Waals surface area contributed by atoms with E-state index in [0.717, 1.165) is 31.2 Å². The van der Waals surface area contributed by atoms with E-state index in [1.165, 1.54) is 0 Å². The molecular weight excluding hydrogens is 454 g/mol. The van der Waals surface area contributed by atoms with Crippen molar-refractivity contribution < 1.29 is 19.4 Å². The molecule has 1 aliphatic rings. The van der Waals surface area contributed by atoms with Crippen LogP contribution >= 0.6 is 0 Å². The fraction of sp³-hybridized carbons (Fsp3) is 0.379. The van der Waals surface area contributed by atoms with Gasteiger partial charge in [-0.25, -0.2) is 4.98 Å². The minimum absolute atomic E-state index is 0.0932. The molecule has 7 heteroatoms. The van der Waals surface area contributed by atoms with Crippen LogP contribution in [0.2, 0.25) is 0 Å². The van der Waals surface area contributed by atoms with E-state index < -0.39 is 5.60 Å². The summed E-state index contributed by atoms with van der Waals surface area (Å²) < 4.78 is 11.5. The number of hydrogen-bond acceptors (Lipinski definition) is 6. The van der Waals surface area contributed by atoms with Gasteiger partial charge in [0.05, 0.1) is 5.60 Å². The van der Waals surface area contributed by atoms with Gasteiger partial charge in [0.1, 0.15) is 17.3 Å². The topological polar surface area (TPSA) is 97.9 Å². The van der Waals surface area contributed by atoms with Crippen molar-refractivity contribution in [1.29, 1.82) is 0 Å². The number of pyridine rings is 1. The zero-order valence-corrected chi connectivity index (χ0v) is 20.8. The molecule has 0 spiro atoms. The van der Waals surface area contributed by atoms with Gasteiger partial charge in [-0.15, -0.1) is 0 Å². The predicted octanol–water partition coefficient (Wildman–Crippen LogP) is 5.01. The number of rotatable bonds is 10. The molecule has 1 fully saturated rings. The number of carbonyl (C=O) groups is 1. The van der Waals surface area contributed by atoms with Gasteiger partial charge in [-0.05, 0) is 62.4 Å². The van der Waals surface area contributed by atoms with Crippen molar-refractivity contribution in [2.24, 2.45) is 5.92 Å². The molecule has 190 valence electrons. The largest absolute Gasteiger partial charge is 0.457 e. The van der Waals surface area contributed by atoms with Crippen LogP contribution in [0.1, 0.15) is 48.0 Å². The number of aromatic nitrogens is 1. The van der Waals surface area contributed by atoms with Gasteiger partial charge in [-0.3, -0.25) is 4.79 Å². The summed E-state index contributed by atoms with van der Waals surface area (Å²) in [6.45, 7) is 1.72. The second kappa shape index (κ2) is 12.0. The smallest absolute Gasteiger partial charge is 0.254 e. The van der Waals surface area contributed by atoms with Crippen LogP contribution in [0, 0.1) is 5.92 Å². The Balaban J connectivity index is 1.63. The van der Waals surface area contributed by atoms with E-state index in [9.17, 15) is 9.90 Å². The fourth-order valence-corrected chi connectivity index (χ4v) is 5.04. The lowest BCUT2D eigenvalue weighted by Gasteiger charge is -2.43. The van der Waals surface area contributed by atoms with E-state index in [2.05, 4.69) is 4.98 Å². The molecule has 7 nitrogen and oxygen atoms in total. The van der Waals surface area contributed by atoms with Gasteiger partial charge in [0.15, 0.2) is 0 Å². The average Bonchev–Trinajstić information content (AvgIpc) is 2.91. The zero-order chi connectivity index (χ0) is 25.4. The first-order chi connectivity index (χ1) is 17.5. The summed E-state index contributed by atoms with van der Waals surface area (Å²) in [7, 11) is 1.69. The van der Waals surface area contributed by atoms with Crippen LogP contribution in [0.25, 0.3) is 0 Å². The van der Waals surface area contributed by atoms with Crippen molar-refractivity contribution in [3.05, 3.63) is 84.1 Å². The number of para-hydroxylation sites is 2. The molecule has 3 aromatic rings. The number of piperidine rings is 1. The van der Waals surface area contributed by atoms with E-state index in [1.54, 1.807) is 25.4 Å². The Morgan fingerprint density at radius 2 is 1.92 bits per heavy atom. The normalized spacial score (nSPS) is 17.4. The van der Waals surface area contributed by atoms with E-state index in [-0.39, 0.29) is 11.8 Å². The molecule has 1 saturated heterocycles. The quantitative estimate of drug-likeness (QED) is 0.389. The third-order valence-corrected chi connectivity index (χ3v) is 6.89. The lowest BCUT2D eigenvalue weighted by atomic mass is 9.73. The third kappa shape index (κ3) is 6.04. The summed E-state index contributed by atoms with van der Waals surface area (Å²) in [5.74, 6) is 1.41. The molecule has 0 bridgehead atoms. The zero-order valence-electron chi connectivity index (χ0n) is 20.8. The number of likely N-dealkylation sites (tertiary alicyclic amines) is 1. The molecule has 3 N–H and O–H groups in total. The van der Waals surface area contributed by atoms with Crippen LogP contribution in [-0.2, 0) is 10.3 Å². The Morgan fingerprint density at radius 1 is 1.14 bits per heavy atom. The molecule has 0 unspecified atom stereocenters. The minimum Gasteiger partial charge on any atom is -0.457 e. The Morgan fingerprint density at radius 3 is 2.69 bits per heavy atom. The molecule has 2 atom stereocenters. The Bertz CT molecular complexity index is 1140. The van der Waals surface area contributed by atoms with Crippen LogP contribution in [0.4, 0.5) is 5.82 Å². The highest BCUT2D eigenvalue weighted by atomic mass is 16.5. The molecule has 2 heterocycles. The number of benzene rings is 2. The Kier molecular flexibility index (Phi) is 8.57. The maximum absolute atomic E-state index is 13.3. The summed E-state index contributed by atoms with van der Waals surface area (Å²) in [6, 6.07) is 20.6. The van der Waals surface area contributed by atoms with E-state index in [1.807, 2.05) is 59.5 Å². The number of methoxy groups -OCH3 is 1. The minimum atomic E-state index is -1.17. The lowest BCUT2D eigenvalue weighted by Crippen LogP contribution is -2.48. The SMILES string of the molecule is COCCCC[C@@](O)(c1ccccc1Oc1ccccc1)[C@@H]1CCCN(C(=O)c2ccnc(N)c2)C1. The van der Waals surface area contributed by atoms with E-state index in [0.29, 0.717) is 49.0 Å².